The number of carbonyl (C=O) groups excluding carboxylic acids is 2. The summed E-state index contributed by atoms with van der Waals surface area (Å²) in [7, 11) is -3.72. The minimum absolute atomic E-state index is 0.0240. The number of esters is 2. The largest absolute Gasteiger partial charge is 0.465 e. The van der Waals surface area contributed by atoms with Crippen LogP contribution in [0.25, 0.3) is 0 Å². The van der Waals surface area contributed by atoms with E-state index in [-0.39, 0.29) is 37.2 Å². The van der Waals surface area contributed by atoms with Gasteiger partial charge in [-0.1, -0.05) is 24.8 Å². The van der Waals surface area contributed by atoms with E-state index in [1.54, 1.807) is 37.3 Å². The molecule has 3 atom stereocenters. The summed E-state index contributed by atoms with van der Waals surface area (Å²) in [5, 5.41) is 5.40. The number of hydrogen-bond donors (Lipinski definition) is 5. The molecular formula is C23H34N7O7P. The van der Waals surface area contributed by atoms with Gasteiger partial charge in [-0.2, -0.15) is 4.98 Å². The topological polar surface area (TPSA) is 204 Å². The molecule has 0 saturated heterocycles. The molecule has 208 valence electrons. The summed E-state index contributed by atoms with van der Waals surface area (Å²) in [5.74, 6) is -1.04. The van der Waals surface area contributed by atoms with Crippen molar-refractivity contribution in [2.75, 3.05) is 42.5 Å². The molecule has 1 aromatic carbocycles. The van der Waals surface area contributed by atoms with E-state index in [0.29, 0.717) is 5.75 Å². The van der Waals surface area contributed by atoms with Gasteiger partial charge in [0.15, 0.2) is 5.82 Å². The molecule has 7 N–H and O–H groups in total. The molecule has 0 saturated carbocycles. The van der Waals surface area contributed by atoms with Crippen LogP contribution in [0, 0.1) is 0 Å². The molecule has 0 amide bonds. The number of anilines is 3. The van der Waals surface area contributed by atoms with Crippen LogP contribution in [-0.4, -0.2) is 60.1 Å². The predicted octanol–water partition coefficient (Wildman–Crippen LogP) is 1.18. The second-order valence-electron chi connectivity index (χ2n) is 8.03. The second-order valence-corrected chi connectivity index (χ2v) is 10.3. The Morgan fingerprint density at radius 1 is 1.18 bits per heavy atom. The molecule has 2 rings (SSSR count). The van der Waals surface area contributed by atoms with Crippen LogP contribution in [-0.2, 0) is 23.6 Å². The fourth-order valence-corrected chi connectivity index (χ4v) is 5.22. The molecule has 14 nitrogen and oxygen atoms in total. The quantitative estimate of drug-likeness (QED) is 0.0914. The Balaban J connectivity index is 2.09. The van der Waals surface area contributed by atoms with Crippen LogP contribution in [0.3, 0.4) is 0 Å². The van der Waals surface area contributed by atoms with Crippen molar-refractivity contribution < 1.29 is 28.4 Å². The number of nitrogen functional groups attached to an aromatic ring is 2. The van der Waals surface area contributed by atoms with Crippen LogP contribution in [0.15, 0.2) is 47.9 Å². The molecule has 1 aromatic heterocycles. The van der Waals surface area contributed by atoms with Gasteiger partial charge >= 0.3 is 11.9 Å². The Morgan fingerprint density at radius 3 is 2.42 bits per heavy atom. The number of ether oxygens (including phenoxy) is 3. The van der Waals surface area contributed by atoms with Gasteiger partial charge in [0.1, 0.15) is 29.9 Å². The van der Waals surface area contributed by atoms with Gasteiger partial charge in [-0.25, -0.2) is 15.0 Å². The van der Waals surface area contributed by atoms with Gasteiger partial charge < -0.3 is 30.6 Å². The number of para-hydroxylation sites is 1. The molecule has 0 aliphatic carbocycles. The average molecular weight is 552 g/mol. The lowest BCUT2D eigenvalue weighted by molar-refractivity contribution is -0.144. The van der Waals surface area contributed by atoms with Gasteiger partial charge in [0, 0.05) is 6.54 Å². The Labute approximate surface area is 220 Å². The van der Waals surface area contributed by atoms with E-state index < -0.39 is 43.4 Å². The lowest BCUT2D eigenvalue weighted by Gasteiger charge is -2.27. The van der Waals surface area contributed by atoms with Gasteiger partial charge in [0.2, 0.25) is 13.4 Å². The summed E-state index contributed by atoms with van der Waals surface area (Å²) in [6, 6.07) is 6.40. The number of nitrogens with two attached hydrogens (primary N) is 2. The zero-order valence-electron chi connectivity index (χ0n) is 21.5. The van der Waals surface area contributed by atoms with Crippen molar-refractivity contribution in [1.29, 1.82) is 0 Å². The fourth-order valence-electron chi connectivity index (χ4n) is 3.15. The summed E-state index contributed by atoms with van der Waals surface area (Å²) in [4.78, 5) is 44.4. The predicted molar refractivity (Wildman–Crippen MR) is 144 cm³/mol. The number of aromatic amines is 1. The van der Waals surface area contributed by atoms with E-state index in [1.165, 1.54) is 24.9 Å². The third-order valence-corrected chi connectivity index (χ3v) is 7.11. The average Bonchev–Trinajstić information content (AvgIpc) is 2.87. The zero-order chi connectivity index (χ0) is 28.3. The maximum absolute atomic E-state index is 13.7. The third-order valence-electron chi connectivity index (χ3n) is 4.96. The summed E-state index contributed by atoms with van der Waals surface area (Å²) < 4.78 is 29.6. The lowest BCUT2D eigenvalue weighted by Crippen LogP contribution is -2.43. The van der Waals surface area contributed by atoms with Crippen molar-refractivity contribution in [3.63, 3.8) is 0 Å². The van der Waals surface area contributed by atoms with Crippen LogP contribution >= 0.6 is 7.44 Å². The molecule has 2 unspecified atom stereocenters. The van der Waals surface area contributed by atoms with Crippen molar-refractivity contribution >= 4 is 36.8 Å². The van der Waals surface area contributed by atoms with Crippen LogP contribution in [0.1, 0.15) is 20.8 Å². The Bertz CT molecular complexity index is 1210. The maximum Gasteiger partial charge on any atom is 0.328 e. The van der Waals surface area contributed by atoms with E-state index in [2.05, 4.69) is 26.7 Å². The fraction of sp³-hybridized carbons (Fsp3) is 0.391. The second kappa shape index (κ2) is 14.3. The molecule has 0 aliphatic heterocycles. The molecular weight excluding hydrogens is 517 g/mol. The molecule has 0 aliphatic rings. The molecule has 2 aromatic rings. The van der Waals surface area contributed by atoms with Gasteiger partial charge in [-0.3, -0.25) is 19.1 Å². The molecule has 1 heterocycles. The van der Waals surface area contributed by atoms with Crippen LogP contribution < -0.4 is 36.8 Å². The highest BCUT2D eigenvalue weighted by Gasteiger charge is 2.32. The first-order valence-electron chi connectivity index (χ1n) is 11.7. The standard InChI is InChI=1S/C23H34N7O7P/c1-5-30(19-18(24)20(31)27-23(25)26-19)12-13-35-14-38(34,28-15(3)21(32)36-6-2)29-16(4)22(33)37-17-10-8-7-9-11-17/h5,7-11,15-16H,1,6,12-14,24H2,2-4H3,(H2,28,29,34)(H3,25,26,27,31)/t15-,16?,38?/m0/s1. The highest BCUT2D eigenvalue weighted by Crippen LogP contribution is 2.37. The summed E-state index contributed by atoms with van der Waals surface area (Å²) in [5.41, 5.74) is 10.6. The minimum atomic E-state index is -3.72. The number of hydrogen-bond acceptors (Lipinski definition) is 11. The number of nitrogens with one attached hydrogen (secondary N) is 3. The summed E-state index contributed by atoms with van der Waals surface area (Å²) in [6.07, 6.45) is 0.965. The Hall–Kier alpha value is -3.71. The monoisotopic (exact) mass is 551 g/mol. The van der Waals surface area contributed by atoms with E-state index in [1.807, 2.05) is 0 Å². The van der Waals surface area contributed by atoms with Gasteiger partial charge in [-0.15, -0.1) is 0 Å². The zero-order valence-corrected chi connectivity index (χ0v) is 22.4. The van der Waals surface area contributed by atoms with E-state index >= 15 is 0 Å². The summed E-state index contributed by atoms with van der Waals surface area (Å²) >= 11 is 0. The smallest absolute Gasteiger partial charge is 0.328 e. The minimum Gasteiger partial charge on any atom is -0.465 e. The molecule has 0 radical (unpaired) electrons. The first kappa shape index (κ1) is 30.5. The first-order chi connectivity index (χ1) is 18.0. The third kappa shape index (κ3) is 8.99. The van der Waals surface area contributed by atoms with Crippen molar-refractivity contribution in [3.8, 4) is 5.75 Å². The Kier molecular flexibility index (Phi) is 11.5. The molecule has 0 spiro atoms. The molecule has 0 fully saturated rings. The Morgan fingerprint density at radius 2 is 1.82 bits per heavy atom. The normalized spacial score (nSPS) is 14.1. The van der Waals surface area contributed by atoms with E-state index in [9.17, 15) is 18.9 Å². The number of carbonyl (C=O) groups is 2. The van der Waals surface area contributed by atoms with Crippen molar-refractivity contribution in [2.45, 2.75) is 32.9 Å². The van der Waals surface area contributed by atoms with Crippen molar-refractivity contribution in [3.05, 3.63) is 53.5 Å². The van der Waals surface area contributed by atoms with Crippen molar-refractivity contribution in [1.82, 2.24) is 20.1 Å². The highest BCUT2D eigenvalue weighted by atomic mass is 31.2. The van der Waals surface area contributed by atoms with Crippen molar-refractivity contribution in [2.24, 2.45) is 0 Å². The molecule has 0 bridgehead atoms. The van der Waals surface area contributed by atoms with Gasteiger partial charge in [-0.05, 0) is 39.1 Å². The van der Waals surface area contributed by atoms with Gasteiger partial charge in [0.05, 0.1) is 13.2 Å². The molecule has 38 heavy (non-hydrogen) atoms. The summed E-state index contributed by atoms with van der Waals surface area (Å²) in [6.45, 7) is 8.50. The molecule has 15 heteroatoms. The first-order valence-corrected chi connectivity index (χ1v) is 13.6. The number of benzene rings is 1. The number of aromatic nitrogens is 2. The highest BCUT2D eigenvalue weighted by molar-refractivity contribution is 7.59. The van der Waals surface area contributed by atoms with E-state index in [4.69, 9.17) is 25.7 Å². The maximum atomic E-state index is 13.7. The van der Waals surface area contributed by atoms with Crippen LogP contribution in [0.2, 0.25) is 0 Å². The lowest BCUT2D eigenvalue weighted by atomic mass is 10.3. The SMILES string of the molecule is C=CN(CCOCP(=O)(NC(C)C(=O)Oc1ccccc1)N[C@@H](C)C(=O)OCC)c1nc(N)[nH]c(=O)c1N. The number of H-pyrrole nitrogens is 1. The number of nitrogens with zero attached hydrogens (tertiary/aromatic N) is 2. The van der Waals surface area contributed by atoms with Gasteiger partial charge in [0.25, 0.3) is 5.56 Å². The van der Waals surface area contributed by atoms with Crippen LogP contribution in [0.4, 0.5) is 17.5 Å². The van der Waals surface area contributed by atoms with Crippen LogP contribution in [0.5, 0.6) is 5.75 Å². The number of rotatable bonds is 15. The van der Waals surface area contributed by atoms with E-state index in [0.717, 1.165) is 0 Å².